The third kappa shape index (κ3) is 3.48. The van der Waals surface area contributed by atoms with Gasteiger partial charge in [0.2, 0.25) is 0 Å². The molecule has 0 aliphatic rings. The summed E-state index contributed by atoms with van der Waals surface area (Å²) in [6, 6.07) is 14.0. The Morgan fingerprint density at radius 1 is 1.03 bits per heavy atom. The topological polar surface area (TPSA) is 102 Å². The minimum absolute atomic E-state index is 0.0828. The average molecular weight is 428 g/mol. The standard InChI is InChI=1S/C20H14ClN3O4S/c21-13-6-7-18-15(10-13)16(19(25)11-20(26)17-8-9-22-23-17)12-24(18)29(27,28)14-4-2-1-3-5-14/h1-10,12H,11H2,(H,22,23). The monoisotopic (exact) mass is 427 g/mol. The van der Waals surface area contributed by atoms with Crippen LogP contribution in [0.3, 0.4) is 0 Å². The summed E-state index contributed by atoms with van der Waals surface area (Å²) in [4.78, 5) is 25.2. The van der Waals surface area contributed by atoms with Crippen LogP contribution in [0.15, 0.2) is 71.9 Å². The van der Waals surface area contributed by atoms with Gasteiger partial charge in [-0.05, 0) is 36.4 Å². The van der Waals surface area contributed by atoms with Crippen molar-refractivity contribution in [1.82, 2.24) is 14.2 Å². The van der Waals surface area contributed by atoms with Crippen LogP contribution in [0.25, 0.3) is 10.9 Å². The number of benzene rings is 2. The van der Waals surface area contributed by atoms with Gasteiger partial charge < -0.3 is 0 Å². The van der Waals surface area contributed by atoms with Crippen molar-refractivity contribution >= 4 is 44.1 Å². The lowest BCUT2D eigenvalue weighted by atomic mass is 10.0. The molecular weight excluding hydrogens is 414 g/mol. The van der Waals surface area contributed by atoms with Gasteiger partial charge >= 0.3 is 0 Å². The van der Waals surface area contributed by atoms with Crippen molar-refractivity contribution < 1.29 is 18.0 Å². The van der Waals surface area contributed by atoms with Crippen LogP contribution in [0.2, 0.25) is 5.02 Å². The molecule has 7 nitrogen and oxygen atoms in total. The van der Waals surface area contributed by atoms with Crippen molar-refractivity contribution in [3.63, 3.8) is 0 Å². The summed E-state index contributed by atoms with van der Waals surface area (Å²) in [5.74, 6) is -0.958. The largest absolute Gasteiger partial charge is 0.294 e. The maximum atomic E-state index is 13.1. The predicted molar refractivity (Wildman–Crippen MR) is 108 cm³/mol. The van der Waals surface area contributed by atoms with Gasteiger partial charge in [-0.25, -0.2) is 12.4 Å². The van der Waals surface area contributed by atoms with Crippen LogP contribution in [0, 0.1) is 0 Å². The summed E-state index contributed by atoms with van der Waals surface area (Å²) in [6.45, 7) is 0. The first-order valence-electron chi connectivity index (χ1n) is 8.55. The van der Waals surface area contributed by atoms with Gasteiger partial charge in [0.1, 0.15) is 5.69 Å². The summed E-state index contributed by atoms with van der Waals surface area (Å²) >= 11 is 6.07. The normalized spacial score (nSPS) is 11.6. The highest BCUT2D eigenvalue weighted by molar-refractivity contribution is 7.90. The number of aromatic nitrogens is 3. The molecule has 2 aromatic carbocycles. The minimum atomic E-state index is -3.94. The molecule has 146 valence electrons. The van der Waals surface area contributed by atoms with E-state index in [1.54, 1.807) is 24.3 Å². The molecule has 0 unspecified atom stereocenters. The second-order valence-electron chi connectivity index (χ2n) is 6.31. The summed E-state index contributed by atoms with van der Waals surface area (Å²) in [5, 5.41) is 6.92. The van der Waals surface area contributed by atoms with Crippen LogP contribution in [-0.4, -0.2) is 34.2 Å². The van der Waals surface area contributed by atoms with E-state index in [1.807, 2.05) is 0 Å². The number of nitrogens with zero attached hydrogens (tertiary/aromatic N) is 2. The first-order chi connectivity index (χ1) is 13.9. The van der Waals surface area contributed by atoms with Crippen LogP contribution < -0.4 is 0 Å². The summed E-state index contributed by atoms with van der Waals surface area (Å²) in [7, 11) is -3.94. The van der Waals surface area contributed by atoms with E-state index in [9.17, 15) is 18.0 Å². The fourth-order valence-electron chi connectivity index (χ4n) is 3.05. The Labute approximate surface area is 171 Å². The number of carbonyl (C=O) groups is 2. The van der Waals surface area contributed by atoms with Gasteiger partial charge in [-0.3, -0.25) is 14.7 Å². The van der Waals surface area contributed by atoms with E-state index in [4.69, 9.17) is 11.6 Å². The number of hydrogen-bond donors (Lipinski definition) is 1. The van der Waals surface area contributed by atoms with Crippen LogP contribution in [0.1, 0.15) is 27.3 Å². The van der Waals surface area contributed by atoms with Gasteiger partial charge in [-0.2, -0.15) is 5.10 Å². The Hall–Kier alpha value is -3.23. The van der Waals surface area contributed by atoms with Gasteiger partial charge in [-0.15, -0.1) is 0 Å². The number of ketones is 2. The van der Waals surface area contributed by atoms with Gasteiger partial charge in [0.15, 0.2) is 11.6 Å². The van der Waals surface area contributed by atoms with Crippen LogP contribution in [0.5, 0.6) is 0 Å². The molecule has 2 aromatic heterocycles. The molecule has 0 bridgehead atoms. The first kappa shape index (κ1) is 19.1. The van der Waals surface area contributed by atoms with Crippen LogP contribution in [-0.2, 0) is 10.0 Å². The quantitative estimate of drug-likeness (QED) is 0.373. The van der Waals surface area contributed by atoms with Crippen molar-refractivity contribution in [3.05, 3.63) is 83.3 Å². The van der Waals surface area contributed by atoms with Crippen molar-refractivity contribution in [2.75, 3.05) is 0 Å². The fraction of sp³-hybridized carbons (Fsp3) is 0.0500. The Balaban J connectivity index is 1.82. The minimum Gasteiger partial charge on any atom is -0.294 e. The molecule has 0 fully saturated rings. The molecule has 4 rings (SSSR count). The average Bonchev–Trinajstić information content (AvgIpc) is 3.37. The first-order valence-corrected chi connectivity index (χ1v) is 10.4. The van der Waals surface area contributed by atoms with Gasteiger partial charge in [0, 0.05) is 28.4 Å². The molecule has 1 N–H and O–H groups in total. The van der Waals surface area contributed by atoms with Crippen molar-refractivity contribution in [1.29, 1.82) is 0 Å². The van der Waals surface area contributed by atoms with E-state index in [0.29, 0.717) is 15.9 Å². The maximum absolute atomic E-state index is 13.1. The zero-order valence-electron chi connectivity index (χ0n) is 14.9. The molecule has 0 aliphatic heterocycles. The summed E-state index contributed by atoms with van der Waals surface area (Å²) in [5.41, 5.74) is 0.613. The number of Topliss-reactive ketones (excluding diaryl/α,β-unsaturated/α-hetero) is 2. The van der Waals surface area contributed by atoms with Crippen molar-refractivity contribution in [2.24, 2.45) is 0 Å². The molecule has 0 atom stereocenters. The predicted octanol–water partition coefficient (Wildman–Crippen LogP) is 3.71. The number of fused-ring (bicyclic) bond motifs is 1. The SMILES string of the molecule is O=C(CC(=O)c1cn(S(=O)(=O)c2ccccc2)c2ccc(Cl)cc12)c1ccn[nH]1. The second-order valence-corrected chi connectivity index (χ2v) is 8.56. The Bertz CT molecular complexity index is 1330. The smallest absolute Gasteiger partial charge is 0.268 e. The lowest BCUT2D eigenvalue weighted by Crippen LogP contribution is -2.12. The molecule has 0 saturated heterocycles. The fourth-order valence-corrected chi connectivity index (χ4v) is 4.61. The van der Waals surface area contributed by atoms with Gasteiger partial charge in [0.25, 0.3) is 10.0 Å². The highest BCUT2D eigenvalue weighted by Gasteiger charge is 2.25. The lowest BCUT2D eigenvalue weighted by Gasteiger charge is -2.07. The molecule has 0 amide bonds. The molecule has 4 aromatic rings. The summed E-state index contributed by atoms with van der Waals surface area (Å²) < 4.78 is 27.3. The Morgan fingerprint density at radius 3 is 2.48 bits per heavy atom. The Kier molecular flexibility index (Phi) is 4.81. The zero-order chi connectivity index (χ0) is 20.6. The van der Waals surface area contributed by atoms with E-state index < -0.39 is 28.0 Å². The van der Waals surface area contributed by atoms with E-state index in [-0.39, 0.29) is 16.2 Å². The molecular formula is C20H14ClN3O4S. The third-order valence-corrected chi connectivity index (χ3v) is 6.38. The van der Waals surface area contributed by atoms with E-state index in [0.717, 1.165) is 3.97 Å². The Morgan fingerprint density at radius 2 is 1.79 bits per heavy atom. The molecule has 0 aliphatic carbocycles. The number of nitrogens with one attached hydrogen (secondary N) is 1. The van der Waals surface area contributed by atoms with E-state index >= 15 is 0 Å². The highest BCUT2D eigenvalue weighted by Crippen LogP contribution is 2.29. The molecule has 2 heterocycles. The molecule has 0 radical (unpaired) electrons. The molecule has 0 saturated carbocycles. The summed E-state index contributed by atoms with van der Waals surface area (Å²) in [6.07, 6.45) is 2.22. The zero-order valence-corrected chi connectivity index (χ0v) is 16.4. The number of H-pyrrole nitrogens is 1. The van der Waals surface area contributed by atoms with Gasteiger partial charge in [0.05, 0.1) is 16.8 Å². The third-order valence-electron chi connectivity index (χ3n) is 4.46. The van der Waals surface area contributed by atoms with E-state index in [2.05, 4.69) is 10.2 Å². The van der Waals surface area contributed by atoms with Crippen molar-refractivity contribution in [2.45, 2.75) is 11.3 Å². The molecule has 0 spiro atoms. The maximum Gasteiger partial charge on any atom is 0.268 e. The van der Waals surface area contributed by atoms with E-state index in [1.165, 1.54) is 42.7 Å². The number of carbonyl (C=O) groups excluding carboxylic acids is 2. The number of rotatable bonds is 6. The number of halogens is 1. The van der Waals surface area contributed by atoms with Gasteiger partial charge in [-0.1, -0.05) is 29.8 Å². The highest BCUT2D eigenvalue weighted by atomic mass is 35.5. The number of hydrogen-bond acceptors (Lipinski definition) is 5. The van der Waals surface area contributed by atoms with Crippen LogP contribution in [0.4, 0.5) is 0 Å². The lowest BCUT2D eigenvalue weighted by molar-refractivity contribution is 0.0892. The van der Waals surface area contributed by atoms with Crippen LogP contribution >= 0.6 is 11.6 Å². The number of aromatic amines is 1. The van der Waals surface area contributed by atoms with Crippen molar-refractivity contribution in [3.8, 4) is 0 Å². The molecule has 9 heteroatoms. The molecule has 29 heavy (non-hydrogen) atoms. The second kappa shape index (κ2) is 7.31.